The average molecular weight is 158 g/mol. The highest BCUT2D eigenvalue weighted by molar-refractivity contribution is 7.96. The highest BCUT2D eigenvalue weighted by Gasteiger charge is 1.84. The molecule has 57 valence electrons. The summed E-state index contributed by atoms with van der Waals surface area (Å²) >= 11 is 4.26. The fourth-order valence-corrected chi connectivity index (χ4v) is 0.600. The number of nitrogens with one attached hydrogen (secondary N) is 1. The highest BCUT2D eigenvalue weighted by Crippen LogP contribution is 1.93. The molecular formula is C7H12NOS. The van der Waals surface area contributed by atoms with Crippen LogP contribution in [0.1, 0.15) is 26.2 Å². The molecule has 0 bridgehead atoms. The van der Waals surface area contributed by atoms with E-state index < -0.39 is 5.24 Å². The SMILES string of the molecule is CCCC/C=C/NC(=O)[S]. The van der Waals surface area contributed by atoms with Crippen molar-refractivity contribution >= 4 is 17.9 Å². The van der Waals surface area contributed by atoms with Gasteiger partial charge in [0.25, 0.3) is 0 Å². The van der Waals surface area contributed by atoms with E-state index in [1.165, 1.54) is 6.42 Å². The molecule has 0 aliphatic heterocycles. The lowest BCUT2D eigenvalue weighted by atomic mass is 10.2. The third-order valence-electron chi connectivity index (χ3n) is 1.04. The molecule has 0 aromatic heterocycles. The normalized spacial score (nSPS) is 10.1. The predicted octanol–water partition coefficient (Wildman–Crippen LogP) is 2.60. The van der Waals surface area contributed by atoms with E-state index in [9.17, 15) is 4.79 Å². The minimum atomic E-state index is -0.423. The molecule has 0 aliphatic carbocycles. The van der Waals surface area contributed by atoms with Crippen LogP contribution in [0.2, 0.25) is 0 Å². The highest BCUT2D eigenvalue weighted by atomic mass is 32.1. The minimum absolute atomic E-state index is 0.423. The van der Waals surface area contributed by atoms with Gasteiger partial charge in [0.2, 0.25) is 0 Å². The molecule has 0 spiro atoms. The van der Waals surface area contributed by atoms with Crippen LogP contribution in [0.25, 0.3) is 0 Å². The molecule has 0 heterocycles. The van der Waals surface area contributed by atoms with Crippen LogP contribution < -0.4 is 5.32 Å². The van der Waals surface area contributed by atoms with Crippen molar-refractivity contribution in [3.63, 3.8) is 0 Å². The molecular weight excluding hydrogens is 146 g/mol. The number of allylic oxidation sites excluding steroid dienone is 1. The van der Waals surface area contributed by atoms with Gasteiger partial charge in [0, 0.05) is 6.20 Å². The number of hydrogen-bond acceptors (Lipinski definition) is 1. The molecule has 0 fully saturated rings. The Morgan fingerprint density at radius 3 is 2.90 bits per heavy atom. The first kappa shape index (κ1) is 9.43. The first-order valence-corrected chi connectivity index (χ1v) is 3.80. The van der Waals surface area contributed by atoms with Crippen molar-refractivity contribution in [2.45, 2.75) is 26.2 Å². The molecule has 0 saturated carbocycles. The molecule has 1 N–H and O–H groups in total. The number of rotatable bonds is 4. The Bertz CT molecular complexity index is 123. The van der Waals surface area contributed by atoms with Crippen LogP contribution in [0.3, 0.4) is 0 Å². The second kappa shape index (κ2) is 6.55. The maximum atomic E-state index is 10.1. The monoisotopic (exact) mass is 158 g/mol. The first-order valence-electron chi connectivity index (χ1n) is 3.40. The second-order valence-corrected chi connectivity index (χ2v) is 2.35. The van der Waals surface area contributed by atoms with Crippen LogP contribution in [0.4, 0.5) is 4.79 Å². The summed E-state index contributed by atoms with van der Waals surface area (Å²) in [4.78, 5) is 10.1. The van der Waals surface area contributed by atoms with Crippen LogP contribution in [-0.4, -0.2) is 5.24 Å². The van der Waals surface area contributed by atoms with E-state index in [1.54, 1.807) is 6.20 Å². The van der Waals surface area contributed by atoms with Crippen LogP contribution in [0.5, 0.6) is 0 Å². The second-order valence-electron chi connectivity index (χ2n) is 1.98. The average Bonchev–Trinajstić information content (AvgIpc) is 1.87. The van der Waals surface area contributed by atoms with Gasteiger partial charge in [-0.1, -0.05) is 25.8 Å². The van der Waals surface area contributed by atoms with Crippen molar-refractivity contribution in [2.75, 3.05) is 0 Å². The van der Waals surface area contributed by atoms with Gasteiger partial charge in [-0.05, 0) is 19.0 Å². The lowest BCUT2D eigenvalue weighted by Crippen LogP contribution is -2.06. The van der Waals surface area contributed by atoms with Crippen molar-refractivity contribution in [1.29, 1.82) is 0 Å². The number of carbonyl (C=O) groups is 1. The zero-order valence-electron chi connectivity index (χ0n) is 6.09. The number of carbonyl (C=O) groups excluding carboxylic acids is 1. The summed E-state index contributed by atoms with van der Waals surface area (Å²) in [7, 11) is 0. The van der Waals surface area contributed by atoms with Gasteiger partial charge in [0.1, 0.15) is 0 Å². The Balaban J connectivity index is 3.12. The van der Waals surface area contributed by atoms with E-state index in [0.717, 1.165) is 12.8 Å². The molecule has 0 aromatic rings. The third-order valence-corrected chi connectivity index (χ3v) is 1.16. The zero-order chi connectivity index (χ0) is 7.82. The van der Waals surface area contributed by atoms with Gasteiger partial charge in [-0.25, -0.2) is 0 Å². The van der Waals surface area contributed by atoms with Gasteiger partial charge in [-0.3, -0.25) is 4.79 Å². The molecule has 0 unspecified atom stereocenters. The van der Waals surface area contributed by atoms with Gasteiger partial charge in [-0.2, -0.15) is 0 Å². The molecule has 0 atom stereocenters. The minimum Gasteiger partial charge on any atom is -0.320 e. The molecule has 1 radical (unpaired) electrons. The fraction of sp³-hybridized carbons (Fsp3) is 0.571. The quantitative estimate of drug-likeness (QED) is 0.626. The van der Waals surface area contributed by atoms with E-state index in [0.29, 0.717) is 0 Å². The van der Waals surface area contributed by atoms with E-state index in [2.05, 4.69) is 24.9 Å². The van der Waals surface area contributed by atoms with E-state index >= 15 is 0 Å². The summed E-state index contributed by atoms with van der Waals surface area (Å²) in [5, 5.41) is 1.98. The Morgan fingerprint density at radius 2 is 2.40 bits per heavy atom. The molecule has 2 nitrogen and oxygen atoms in total. The van der Waals surface area contributed by atoms with Gasteiger partial charge in [-0.15, -0.1) is 0 Å². The summed E-state index contributed by atoms with van der Waals surface area (Å²) < 4.78 is 0. The van der Waals surface area contributed by atoms with Crippen LogP contribution in [0.15, 0.2) is 12.3 Å². The molecule has 10 heavy (non-hydrogen) atoms. The molecule has 0 aromatic carbocycles. The van der Waals surface area contributed by atoms with E-state index in [1.807, 2.05) is 6.08 Å². The Labute approximate surface area is 67.1 Å². The summed E-state index contributed by atoms with van der Waals surface area (Å²) in [6.45, 7) is 2.12. The maximum Gasteiger partial charge on any atom is 0.314 e. The Morgan fingerprint density at radius 1 is 1.70 bits per heavy atom. The molecule has 3 heteroatoms. The van der Waals surface area contributed by atoms with Gasteiger partial charge in [0.05, 0.1) is 0 Å². The maximum absolute atomic E-state index is 10.1. The van der Waals surface area contributed by atoms with Crippen molar-refractivity contribution in [3.8, 4) is 0 Å². The summed E-state index contributed by atoms with van der Waals surface area (Å²) in [5.41, 5.74) is 0. The predicted molar refractivity (Wildman–Crippen MR) is 44.8 cm³/mol. The van der Waals surface area contributed by atoms with Crippen molar-refractivity contribution in [1.82, 2.24) is 5.32 Å². The fourth-order valence-electron chi connectivity index (χ4n) is 0.532. The number of amides is 1. The largest absolute Gasteiger partial charge is 0.320 e. The van der Waals surface area contributed by atoms with Crippen LogP contribution in [0, 0.1) is 0 Å². The van der Waals surface area contributed by atoms with E-state index in [4.69, 9.17) is 0 Å². The van der Waals surface area contributed by atoms with Gasteiger partial charge >= 0.3 is 5.24 Å². The molecule has 1 amide bonds. The van der Waals surface area contributed by atoms with Crippen LogP contribution >= 0.6 is 12.6 Å². The standard InChI is InChI=1S/C7H12NOS/c1-2-3-4-5-6-8-7(9)10/h5-6H,2-4H2,1H3,(H,8,9)/b6-5+. The van der Waals surface area contributed by atoms with Crippen molar-refractivity contribution in [3.05, 3.63) is 12.3 Å². The van der Waals surface area contributed by atoms with Gasteiger partial charge < -0.3 is 5.32 Å². The lowest BCUT2D eigenvalue weighted by molar-refractivity contribution is 0.263. The third kappa shape index (κ3) is 7.43. The topological polar surface area (TPSA) is 29.1 Å². The summed E-state index contributed by atoms with van der Waals surface area (Å²) in [5.74, 6) is 0. The Hall–Kier alpha value is -0.570. The van der Waals surface area contributed by atoms with Crippen molar-refractivity contribution < 1.29 is 4.79 Å². The van der Waals surface area contributed by atoms with E-state index in [-0.39, 0.29) is 0 Å². The van der Waals surface area contributed by atoms with Crippen LogP contribution in [-0.2, 0) is 0 Å². The number of hydrogen-bond donors (Lipinski definition) is 1. The lowest BCUT2D eigenvalue weighted by Gasteiger charge is -1.89. The summed E-state index contributed by atoms with van der Waals surface area (Å²) in [6.07, 6.45) is 6.85. The zero-order valence-corrected chi connectivity index (χ0v) is 6.91. The molecule has 0 saturated heterocycles. The van der Waals surface area contributed by atoms with Crippen molar-refractivity contribution in [2.24, 2.45) is 0 Å². The summed E-state index contributed by atoms with van der Waals surface area (Å²) in [6, 6.07) is 0. The number of unbranched alkanes of at least 4 members (excludes halogenated alkanes) is 2. The Kier molecular flexibility index (Phi) is 6.18. The molecule has 0 rings (SSSR count). The smallest absolute Gasteiger partial charge is 0.314 e. The molecule has 0 aliphatic rings. The first-order chi connectivity index (χ1) is 4.77. The van der Waals surface area contributed by atoms with Gasteiger partial charge in [0.15, 0.2) is 0 Å².